The van der Waals surface area contributed by atoms with Crippen LogP contribution in [0.5, 0.6) is 5.75 Å². The van der Waals surface area contributed by atoms with Crippen LogP contribution in [0.1, 0.15) is 70.1 Å². The number of esters is 1. The second-order valence-corrected chi connectivity index (χ2v) is 5.63. The summed E-state index contributed by atoms with van der Waals surface area (Å²) in [5.41, 5.74) is 1.71. The number of carbonyl (C=O) groups excluding carboxylic acids is 1. The highest BCUT2D eigenvalue weighted by molar-refractivity contribution is 5.65. The molecule has 0 saturated heterocycles. The molecular formula is C18H29NO3. The summed E-state index contributed by atoms with van der Waals surface area (Å²) >= 11 is 0. The molecule has 0 unspecified atom stereocenters. The number of unbranched alkanes of at least 4 members (excludes halogenated alkanes) is 6. The fourth-order valence-corrected chi connectivity index (χ4v) is 2.27. The van der Waals surface area contributed by atoms with Crippen LogP contribution in [0.15, 0.2) is 12.3 Å². The molecule has 124 valence electrons. The normalized spacial score (nSPS) is 10.5. The van der Waals surface area contributed by atoms with Gasteiger partial charge in [0.05, 0.1) is 12.3 Å². The average Bonchev–Trinajstić information content (AvgIpc) is 2.50. The molecule has 0 fully saturated rings. The summed E-state index contributed by atoms with van der Waals surface area (Å²) < 4.78 is 10.8. The van der Waals surface area contributed by atoms with Crippen molar-refractivity contribution in [1.82, 2.24) is 4.98 Å². The smallest absolute Gasteiger partial charge is 0.303 e. The van der Waals surface area contributed by atoms with Crippen LogP contribution in [0.2, 0.25) is 0 Å². The van der Waals surface area contributed by atoms with Crippen molar-refractivity contribution in [3.8, 4) is 5.75 Å². The topological polar surface area (TPSA) is 48.4 Å². The van der Waals surface area contributed by atoms with Crippen molar-refractivity contribution in [2.24, 2.45) is 0 Å². The largest absolute Gasteiger partial charge is 0.493 e. The molecule has 1 rings (SSSR count). The van der Waals surface area contributed by atoms with E-state index in [2.05, 4.69) is 11.9 Å². The van der Waals surface area contributed by atoms with Crippen molar-refractivity contribution >= 4 is 5.97 Å². The van der Waals surface area contributed by atoms with Gasteiger partial charge in [0, 0.05) is 18.7 Å². The van der Waals surface area contributed by atoms with Gasteiger partial charge in [-0.25, -0.2) is 0 Å². The second-order valence-electron chi connectivity index (χ2n) is 5.63. The highest BCUT2D eigenvalue weighted by Gasteiger charge is 2.07. The molecule has 0 aliphatic heterocycles. The molecule has 0 radical (unpaired) electrons. The predicted molar refractivity (Wildman–Crippen MR) is 87.9 cm³/mol. The van der Waals surface area contributed by atoms with Gasteiger partial charge in [-0.1, -0.05) is 45.4 Å². The van der Waals surface area contributed by atoms with Crippen LogP contribution in [0.25, 0.3) is 0 Å². The first-order chi connectivity index (χ1) is 10.6. The molecule has 1 aromatic heterocycles. The van der Waals surface area contributed by atoms with Gasteiger partial charge >= 0.3 is 5.97 Å². The van der Waals surface area contributed by atoms with E-state index < -0.39 is 0 Å². The maximum Gasteiger partial charge on any atom is 0.303 e. The van der Waals surface area contributed by atoms with Gasteiger partial charge in [-0.15, -0.1) is 0 Å². The summed E-state index contributed by atoms with van der Waals surface area (Å²) in [7, 11) is 0. The molecule has 22 heavy (non-hydrogen) atoms. The van der Waals surface area contributed by atoms with Gasteiger partial charge in [-0.2, -0.15) is 0 Å². The summed E-state index contributed by atoms with van der Waals surface area (Å²) in [5, 5.41) is 0. The van der Waals surface area contributed by atoms with Crippen molar-refractivity contribution in [1.29, 1.82) is 0 Å². The minimum atomic E-state index is -0.296. The third-order valence-corrected chi connectivity index (χ3v) is 3.68. The van der Waals surface area contributed by atoms with E-state index >= 15 is 0 Å². The number of nitrogens with zero attached hydrogens (tertiary/aromatic N) is 1. The van der Waals surface area contributed by atoms with Gasteiger partial charge in [0.2, 0.25) is 0 Å². The Morgan fingerprint density at radius 1 is 1.14 bits per heavy atom. The van der Waals surface area contributed by atoms with Crippen molar-refractivity contribution in [2.75, 3.05) is 6.61 Å². The van der Waals surface area contributed by atoms with E-state index in [0.717, 1.165) is 30.0 Å². The Balaban J connectivity index is 2.27. The maximum atomic E-state index is 10.9. The standard InChI is InChI=1S/C18H29NO3/c1-4-5-6-7-8-9-10-13-21-18-11-12-19-17(15(18)2)14-22-16(3)20/h11-12H,4-10,13-14H2,1-3H3. The fraction of sp³-hybridized carbons (Fsp3) is 0.667. The van der Waals surface area contributed by atoms with E-state index in [-0.39, 0.29) is 12.6 Å². The van der Waals surface area contributed by atoms with Gasteiger partial charge in [-0.05, 0) is 19.4 Å². The lowest BCUT2D eigenvalue weighted by molar-refractivity contribution is -0.142. The molecule has 0 N–H and O–H groups in total. The number of ether oxygens (including phenoxy) is 2. The molecule has 0 amide bonds. The molecule has 1 heterocycles. The predicted octanol–water partition coefficient (Wildman–Crippen LogP) is 4.58. The molecule has 4 nitrogen and oxygen atoms in total. The third kappa shape index (κ3) is 7.43. The molecule has 0 aliphatic rings. The van der Waals surface area contributed by atoms with E-state index in [0.29, 0.717) is 0 Å². The molecule has 0 bridgehead atoms. The second kappa shape index (κ2) is 11.0. The average molecular weight is 307 g/mol. The zero-order valence-electron chi connectivity index (χ0n) is 14.2. The highest BCUT2D eigenvalue weighted by Crippen LogP contribution is 2.20. The van der Waals surface area contributed by atoms with Crippen LogP contribution >= 0.6 is 0 Å². The van der Waals surface area contributed by atoms with Crippen LogP contribution in [0, 0.1) is 6.92 Å². The first-order valence-corrected chi connectivity index (χ1v) is 8.35. The lowest BCUT2D eigenvalue weighted by Gasteiger charge is -2.12. The summed E-state index contributed by atoms with van der Waals surface area (Å²) in [4.78, 5) is 15.1. The molecule has 0 spiro atoms. The number of aromatic nitrogens is 1. The summed E-state index contributed by atoms with van der Waals surface area (Å²) in [6, 6.07) is 1.87. The van der Waals surface area contributed by atoms with E-state index in [4.69, 9.17) is 9.47 Å². The number of carbonyl (C=O) groups is 1. The zero-order valence-corrected chi connectivity index (χ0v) is 14.2. The third-order valence-electron chi connectivity index (χ3n) is 3.68. The van der Waals surface area contributed by atoms with Gasteiger partial charge in [0.25, 0.3) is 0 Å². The Kier molecular flexibility index (Phi) is 9.28. The van der Waals surface area contributed by atoms with Crippen molar-refractivity contribution in [3.05, 3.63) is 23.5 Å². The Bertz CT molecular complexity index is 446. The van der Waals surface area contributed by atoms with E-state index in [1.807, 2.05) is 13.0 Å². The molecular weight excluding hydrogens is 278 g/mol. The van der Waals surface area contributed by atoms with Crippen molar-refractivity contribution < 1.29 is 14.3 Å². The molecule has 0 aromatic carbocycles. The van der Waals surface area contributed by atoms with Crippen LogP contribution in [-0.4, -0.2) is 17.6 Å². The van der Waals surface area contributed by atoms with E-state index in [1.165, 1.54) is 45.4 Å². The number of rotatable bonds is 11. The molecule has 0 aliphatic carbocycles. The van der Waals surface area contributed by atoms with Gasteiger partial charge in [-0.3, -0.25) is 9.78 Å². The minimum absolute atomic E-state index is 0.204. The minimum Gasteiger partial charge on any atom is -0.493 e. The molecule has 0 atom stereocenters. The number of hydrogen-bond acceptors (Lipinski definition) is 4. The number of hydrogen-bond donors (Lipinski definition) is 0. The quantitative estimate of drug-likeness (QED) is 0.443. The Hall–Kier alpha value is -1.58. The Morgan fingerprint density at radius 2 is 1.82 bits per heavy atom. The van der Waals surface area contributed by atoms with Gasteiger partial charge < -0.3 is 9.47 Å². The van der Waals surface area contributed by atoms with E-state index in [1.54, 1.807) is 6.20 Å². The van der Waals surface area contributed by atoms with Crippen molar-refractivity contribution in [3.63, 3.8) is 0 Å². The Morgan fingerprint density at radius 3 is 2.50 bits per heavy atom. The number of pyridine rings is 1. The first kappa shape index (κ1) is 18.5. The zero-order chi connectivity index (χ0) is 16.2. The highest BCUT2D eigenvalue weighted by atomic mass is 16.5. The summed E-state index contributed by atoms with van der Waals surface area (Å²) in [5.74, 6) is 0.540. The maximum absolute atomic E-state index is 10.9. The SMILES string of the molecule is CCCCCCCCCOc1ccnc(COC(C)=O)c1C. The van der Waals surface area contributed by atoms with Crippen molar-refractivity contribution in [2.45, 2.75) is 72.3 Å². The van der Waals surface area contributed by atoms with E-state index in [9.17, 15) is 4.79 Å². The first-order valence-electron chi connectivity index (χ1n) is 8.35. The van der Waals surface area contributed by atoms with Crippen LogP contribution in [0.4, 0.5) is 0 Å². The van der Waals surface area contributed by atoms with Crippen LogP contribution < -0.4 is 4.74 Å². The lowest BCUT2D eigenvalue weighted by atomic mass is 10.1. The van der Waals surface area contributed by atoms with Gasteiger partial charge in [0.15, 0.2) is 0 Å². The molecule has 1 aromatic rings. The van der Waals surface area contributed by atoms with Crippen LogP contribution in [-0.2, 0) is 16.1 Å². The van der Waals surface area contributed by atoms with Gasteiger partial charge in [0.1, 0.15) is 12.4 Å². The molecule has 0 saturated carbocycles. The summed E-state index contributed by atoms with van der Waals surface area (Å²) in [6.45, 7) is 6.52. The fourth-order valence-electron chi connectivity index (χ4n) is 2.27. The summed E-state index contributed by atoms with van der Waals surface area (Å²) in [6.07, 6.45) is 10.6. The lowest BCUT2D eigenvalue weighted by Crippen LogP contribution is -2.05. The monoisotopic (exact) mass is 307 g/mol. The van der Waals surface area contributed by atoms with Crippen LogP contribution in [0.3, 0.4) is 0 Å². The molecule has 4 heteroatoms. The Labute approximate surface area is 134 Å².